The average molecular weight is 372 g/mol. The van der Waals surface area contributed by atoms with Gasteiger partial charge < -0.3 is 9.47 Å². The number of thiazole rings is 1. The zero-order valence-electron chi connectivity index (χ0n) is 13.7. The van der Waals surface area contributed by atoms with Gasteiger partial charge in [0, 0.05) is 27.8 Å². The summed E-state index contributed by atoms with van der Waals surface area (Å²) in [7, 11) is 0. The number of thioether (sulfide) groups is 1. The smallest absolute Gasteiger partial charge is 0.257 e. The zero-order valence-corrected chi connectivity index (χ0v) is 15.4. The molecule has 0 saturated heterocycles. The minimum absolute atomic E-state index is 0.166. The number of nitrogens with zero attached hydrogens (tertiary/aromatic N) is 1. The molecule has 2 heterocycles. The largest absolute Gasteiger partial charge is 0.454 e. The normalized spacial score (nSPS) is 12.8. The van der Waals surface area contributed by atoms with Gasteiger partial charge >= 0.3 is 0 Å². The number of carbonyl (C=O) groups excluding carboxylic acids is 1. The number of ether oxygens (including phenoxy) is 2. The Hall–Kier alpha value is -2.25. The first-order valence-electron chi connectivity index (χ1n) is 7.87. The van der Waals surface area contributed by atoms with Crippen LogP contribution in [0.15, 0.2) is 41.3 Å². The van der Waals surface area contributed by atoms with E-state index in [0.29, 0.717) is 27.4 Å². The van der Waals surface area contributed by atoms with Crippen LogP contribution < -0.4 is 14.8 Å². The van der Waals surface area contributed by atoms with Gasteiger partial charge in [-0.05, 0) is 24.3 Å². The lowest BCUT2D eigenvalue weighted by Crippen LogP contribution is -2.11. The molecule has 1 aromatic heterocycles. The molecule has 1 aliphatic heterocycles. The van der Waals surface area contributed by atoms with E-state index in [4.69, 9.17) is 9.47 Å². The third kappa shape index (κ3) is 3.43. The van der Waals surface area contributed by atoms with Crippen LogP contribution in [0, 0.1) is 0 Å². The predicted molar refractivity (Wildman–Crippen MR) is 101 cm³/mol. The van der Waals surface area contributed by atoms with E-state index in [0.717, 1.165) is 15.1 Å². The number of amides is 1. The Morgan fingerprint density at radius 2 is 1.92 bits per heavy atom. The van der Waals surface area contributed by atoms with E-state index in [2.05, 4.69) is 24.1 Å². The van der Waals surface area contributed by atoms with Crippen molar-refractivity contribution >= 4 is 44.4 Å². The second-order valence-electron chi connectivity index (χ2n) is 5.84. The Bertz CT molecular complexity index is 894. The molecular formula is C18H16N2O3S2. The summed E-state index contributed by atoms with van der Waals surface area (Å²) in [5.41, 5.74) is 1.40. The van der Waals surface area contributed by atoms with Gasteiger partial charge in [0.25, 0.3) is 5.91 Å². The molecule has 4 rings (SSSR count). The molecule has 0 radical (unpaired) electrons. The first-order valence-corrected chi connectivity index (χ1v) is 9.56. The van der Waals surface area contributed by atoms with E-state index >= 15 is 0 Å². The van der Waals surface area contributed by atoms with Crippen LogP contribution >= 0.6 is 23.1 Å². The van der Waals surface area contributed by atoms with Crippen molar-refractivity contribution in [3.05, 3.63) is 42.0 Å². The van der Waals surface area contributed by atoms with Crippen LogP contribution in [0.25, 0.3) is 10.2 Å². The van der Waals surface area contributed by atoms with Gasteiger partial charge in [-0.15, -0.1) is 11.8 Å². The van der Waals surface area contributed by atoms with Crippen LogP contribution in [0.2, 0.25) is 0 Å². The predicted octanol–water partition coefficient (Wildman–Crippen LogP) is 4.78. The maximum absolute atomic E-state index is 12.4. The molecule has 0 unspecified atom stereocenters. The fourth-order valence-corrected chi connectivity index (χ4v) is 4.21. The molecule has 0 aliphatic carbocycles. The molecule has 1 aliphatic rings. The molecule has 3 aromatic rings. The molecule has 0 bridgehead atoms. The molecule has 5 nitrogen and oxygen atoms in total. The first-order chi connectivity index (χ1) is 12.1. The van der Waals surface area contributed by atoms with E-state index in [-0.39, 0.29) is 12.7 Å². The van der Waals surface area contributed by atoms with Gasteiger partial charge in [0.1, 0.15) is 0 Å². The second-order valence-corrected chi connectivity index (χ2v) is 8.52. The van der Waals surface area contributed by atoms with E-state index in [1.807, 2.05) is 36.4 Å². The second kappa shape index (κ2) is 6.57. The summed E-state index contributed by atoms with van der Waals surface area (Å²) in [5.74, 6) is 1.24. The number of aromatic nitrogens is 1. The molecule has 25 heavy (non-hydrogen) atoms. The Balaban J connectivity index is 1.51. The molecule has 0 saturated carbocycles. The monoisotopic (exact) mass is 372 g/mol. The minimum Gasteiger partial charge on any atom is -0.454 e. The Morgan fingerprint density at radius 1 is 1.20 bits per heavy atom. The van der Waals surface area contributed by atoms with Gasteiger partial charge in [-0.2, -0.15) is 0 Å². The fraction of sp³-hybridized carbons (Fsp3) is 0.222. The van der Waals surface area contributed by atoms with E-state index in [9.17, 15) is 4.79 Å². The highest BCUT2D eigenvalue weighted by molar-refractivity contribution is 7.99. The average Bonchev–Trinajstić information content (AvgIpc) is 3.17. The number of nitrogens with one attached hydrogen (secondary N) is 1. The Morgan fingerprint density at radius 3 is 2.64 bits per heavy atom. The lowest BCUT2D eigenvalue weighted by molar-refractivity contribution is 0.102. The molecule has 2 aromatic carbocycles. The molecule has 1 amide bonds. The van der Waals surface area contributed by atoms with Crippen LogP contribution in [-0.2, 0) is 0 Å². The van der Waals surface area contributed by atoms with Crippen molar-refractivity contribution < 1.29 is 14.3 Å². The Labute approximate surface area is 153 Å². The molecule has 7 heteroatoms. The van der Waals surface area contributed by atoms with Crippen LogP contribution in [0.4, 0.5) is 5.13 Å². The molecule has 0 fully saturated rings. The fourth-order valence-electron chi connectivity index (χ4n) is 2.50. The molecule has 128 valence electrons. The summed E-state index contributed by atoms with van der Waals surface area (Å²) in [6.07, 6.45) is 0. The van der Waals surface area contributed by atoms with Crippen molar-refractivity contribution in [1.29, 1.82) is 0 Å². The van der Waals surface area contributed by atoms with Crippen LogP contribution in [0.5, 0.6) is 11.5 Å². The van der Waals surface area contributed by atoms with Crippen molar-refractivity contribution in [1.82, 2.24) is 4.98 Å². The number of anilines is 1. The number of carbonyl (C=O) groups is 1. The van der Waals surface area contributed by atoms with Gasteiger partial charge in [0.2, 0.25) is 6.79 Å². The van der Waals surface area contributed by atoms with E-state index < -0.39 is 0 Å². The van der Waals surface area contributed by atoms with Crippen LogP contribution in [0.3, 0.4) is 0 Å². The highest BCUT2D eigenvalue weighted by atomic mass is 32.2. The van der Waals surface area contributed by atoms with Gasteiger partial charge in [-0.25, -0.2) is 4.98 Å². The molecule has 1 N–H and O–H groups in total. The van der Waals surface area contributed by atoms with E-state index in [1.54, 1.807) is 11.8 Å². The standard InChI is InChI=1S/C18H16N2O3S2/c1-10(2)24-12-5-3-11(4-6-12)17(21)20-18-19-13-7-14-15(23-9-22-14)8-16(13)25-18/h3-8,10H,9H2,1-2H3,(H,19,20,21). The van der Waals surface area contributed by atoms with Gasteiger partial charge in [-0.3, -0.25) is 10.1 Å². The van der Waals surface area contributed by atoms with Crippen LogP contribution in [-0.4, -0.2) is 22.9 Å². The quantitative estimate of drug-likeness (QED) is 0.668. The SMILES string of the molecule is CC(C)Sc1ccc(C(=O)Nc2nc3cc4c(cc3s2)OCO4)cc1. The van der Waals surface area contributed by atoms with Crippen molar-refractivity contribution in [3.63, 3.8) is 0 Å². The summed E-state index contributed by atoms with van der Waals surface area (Å²) in [5, 5.41) is 3.93. The summed E-state index contributed by atoms with van der Waals surface area (Å²) < 4.78 is 11.7. The first kappa shape index (κ1) is 16.2. The van der Waals surface area contributed by atoms with E-state index in [1.165, 1.54) is 11.3 Å². The zero-order chi connectivity index (χ0) is 17.4. The highest BCUT2D eigenvalue weighted by Crippen LogP contribution is 2.39. The summed E-state index contributed by atoms with van der Waals surface area (Å²) >= 11 is 3.19. The lowest BCUT2D eigenvalue weighted by atomic mass is 10.2. The lowest BCUT2D eigenvalue weighted by Gasteiger charge is -2.06. The van der Waals surface area contributed by atoms with Gasteiger partial charge in [0.05, 0.1) is 10.2 Å². The number of hydrogen-bond donors (Lipinski definition) is 1. The molecule has 0 atom stereocenters. The van der Waals surface area contributed by atoms with Crippen LogP contribution in [0.1, 0.15) is 24.2 Å². The summed E-state index contributed by atoms with van der Waals surface area (Å²) in [6.45, 7) is 4.52. The van der Waals surface area contributed by atoms with Crippen molar-refractivity contribution in [3.8, 4) is 11.5 Å². The maximum atomic E-state index is 12.4. The van der Waals surface area contributed by atoms with Crippen molar-refractivity contribution in [2.45, 2.75) is 24.0 Å². The van der Waals surface area contributed by atoms with Crippen molar-refractivity contribution in [2.24, 2.45) is 0 Å². The number of fused-ring (bicyclic) bond motifs is 2. The number of benzene rings is 2. The number of hydrogen-bond acceptors (Lipinski definition) is 6. The van der Waals surface area contributed by atoms with Gasteiger partial charge in [-0.1, -0.05) is 25.2 Å². The van der Waals surface area contributed by atoms with Crippen molar-refractivity contribution in [2.75, 3.05) is 12.1 Å². The topological polar surface area (TPSA) is 60.5 Å². The minimum atomic E-state index is -0.166. The third-order valence-corrected chi connectivity index (χ3v) is 5.54. The summed E-state index contributed by atoms with van der Waals surface area (Å²) in [6, 6.07) is 11.3. The molecule has 0 spiro atoms. The third-order valence-electron chi connectivity index (χ3n) is 3.59. The number of rotatable bonds is 4. The van der Waals surface area contributed by atoms with Gasteiger partial charge in [0.15, 0.2) is 16.6 Å². The maximum Gasteiger partial charge on any atom is 0.257 e. The summed E-state index contributed by atoms with van der Waals surface area (Å²) in [4.78, 5) is 18.0. The molecular weight excluding hydrogens is 356 g/mol. The highest BCUT2D eigenvalue weighted by Gasteiger charge is 2.17. The Kier molecular flexibility index (Phi) is 4.27.